The molecule has 1 rings (SSSR count). The molecule has 0 heterocycles. The molecule has 0 spiro atoms. The lowest BCUT2D eigenvalue weighted by atomic mass is 10.0. The van der Waals surface area contributed by atoms with Crippen molar-refractivity contribution in [3.05, 3.63) is 28.2 Å². The Labute approximate surface area is 132 Å². The number of sulfonamides is 1. The molecule has 1 N–H and O–H groups in total. The van der Waals surface area contributed by atoms with Gasteiger partial charge in [-0.25, -0.2) is 21.9 Å². The summed E-state index contributed by atoms with van der Waals surface area (Å²) in [5.74, 6) is -1.75. The molecule has 1 unspecified atom stereocenters. The van der Waals surface area contributed by atoms with E-state index in [-0.39, 0.29) is 23.0 Å². The van der Waals surface area contributed by atoms with Gasteiger partial charge in [0, 0.05) is 23.1 Å². The molecule has 0 bridgehead atoms. The maximum atomic E-state index is 13.7. The Hall–Kier alpha value is -0.570. The number of nitrogens with one attached hydrogen (secondary N) is 1. The first-order chi connectivity index (χ1) is 9.56. The molecule has 4 nitrogen and oxygen atoms in total. The summed E-state index contributed by atoms with van der Waals surface area (Å²) in [5.41, 5.74) is 0. The van der Waals surface area contributed by atoms with E-state index in [0.29, 0.717) is 6.07 Å². The van der Waals surface area contributed by atoms with Crippen molar-refractivity contribution < 1.29 is 17.2 Å². The minimum atomic E-state index is -4.07. The van der Waals surface area contributed by atoms with Crippen LogP contribution in [0, 0.1) is 17.6 Å². The minimum Gasteiger partial charge on any atom is -0.305 e. The lowest BCUT2D eigenvalue weighted by Crippen LogP contribution is -2.43. The summed E-state index contributed by atoms with van der Waals surface area (Å²) in [7, 11) is -0.384. The Morgan fingerprint density at radius 1 is 1.29 bits per heavy atom. The summed E-state index contributed by atoms with van der Waals surface area (Å²) in [4.78, 5) is 1.31. The second kappa shape index (κ2) is 7.13. The highest BCUT2D eigenvalue weighted by Crippen LogP contribution is 2.26. The zero-order valence-corrected chi connectivity index (χ0v) is 14.7. The maximum absolute atomic E-state index is 13.7. The van der Waals surface area contributed by atoms with Crippen molar-refractivity contribution >= 4 is 26.0 Å². The third-order valence-electron chi connectivity index (χ3n) is 3.15. The molecule has 1 aromatic rings. The summed E-state index contributed by atoms with van der Waals surface area (Å²) in [6.07, 6.45) is 0. The Balaban J connectivity index is 3.03. The van der Waals surface area contributed by atoms with Crippen LogP contribution in [-0.2, 0) is 10.0 Å². The normalized spacial score (nSPS) is 14.0. The summed E-state index contributed by atoms with van der Waals surface area (Å²) >= 11 is 2.89. The van der Waals surface area contributed by atoms with E-state index in [0.717, 1.165) is 6.07 Å². The van der Waals surface area contributed by atoms with E-state index in [1.165, 1.54) is 0 Å². The van der Waals surface area contributed by atoms with Crippen LogP contribution in [-0.4, -0.2) is 40.0 Å². The van der Waals surface area contributed by atoms with E-state index in [4.69, 9.17) is 0 Å². The van der Waals surface area contributed by atoms with Gasteiger partial charge in [0.25, 0.3) is 0 Å². The van der Waals surface area contributed by atoms with Crippen LogP contribution in [0.15, 0.2) is 21.5 Å². The molecule has 21 heavy (non-hydrogen) atoms. The molecule has 0 saturated heterocycles. The molecule has 1 aromatic carbocycles. The van der Waals surface area contributed by atoms with Crippen LogP contribution in [0.3, 0.4) is 0 Å². The molecule has 1 atom stereocenters. The quantitative estimate of drug-likeness (QED) is 0.819. The highest BCUT2D eigenvalue weighted by molar-refractivity contribution is 9.10. The van der Waals surface area contributed by atoms with Crippen LogP contribution in [0.1, 0.15) is 13.8 Å². The first-order valence-electron chi connectivity index (χ1n) is 6.37. The van der Waals surface area contributed by atoms with Crippen molar-refractivity contribution in [2.45, 2.75) is 24.8 Å². The number of hydrogen-bond acceptors (Lipinski definition) is 3. The zero-order chi connectivity index (χ0) is 16.4. The summed E-state index contributed by atoms with van der Waals surface area (Å²) < 4.78 is 53.4. The van der Waals surface area contributed by atoms with Crippen molar-refractivity contribution in [1.29, 1.82) is 0 Å². The van der Waals surface area contributed by atoms with Crippen LogP contribution >= 0.6 is 15.9 Å². The predicted octanol–water partition coefficient (Wildman–Crippen LogP) is 2.59. The van der Waals surface area contributed by atoms with Crippen molar-refractivity contribution in [3.8, 4) is 0 Å². The molecule has 0 aliphatic carbocycles. The number of nitrogens with zero attached hydrogens (tertiary/aromatic N) is 1. The average molecular weight is 385 g/mol. The molecule has 0 fully saturated rings. The van der Waals surface area contributed by atoms with Gasteiger partial charge in [0.05, 0.1) is 0 Å². The molecule has 0 aliphatic rings. The molecule has 8 heteroatoms. The van der Waals surface area contributed by atoms with Gasteiger partial charge in [0.15, 0.2) is 0 Å². The lowest BCUT2D eigenvalue weighted by Gasteiger charge is -2.28. The van der Waals surface area contributed by atoms with E-state index in [9.17, 15) is 17.2 Å². The van der Waals surface area contributed by atoms with Gasteiger partial charge < -0.3 is 4.90 Å². The Morgan fingerprint density at radius 3 is 2.29 bits per heavy atom. The number of benzene rings is 1. The fraction of sp³-hybridized carbons (Fsp3) is 0.538. The van der Waals surface area contributed by atoms with Gasteiger partial charge in [-0.3, -0.25) is 0 Å². The molecule has 0 radical (unpaired) electrons. The SMILES string of the molecule is CC(C)C(CNS(=O)(=O)c1c(F)cc(F)cc1Br)N(C)C. The Bertz CT molecular complexity index is 575. The maximum Gasteiger partial charge on any atom is 0.244 e. The first kappa shape index (κ1) is 18.5. The molecule has 0 amide bonds. The lowest BCUT2D eigenvalue weighted by molar-refractivity contribution is 0.233. The smallest absolute Gasteiger partial charge is 0.244 e. The Morgan fingerprint density at radius 2 is 1.86 bits per heavy atom. The molecule has 120 valence electrons. The fourth-order valence-corrected chi connectivity index (χ4v) is 4.28. The largest absolute Gasteiger partial charge is 0.305 e. The number of halogens is 3. The first-order valence-corrected chi connectivity index (χ1v) is 8.64. The van der Waals surface area contributed by atoms with Gasteiger partial charge in [0.1, 0.15) is 16.5 Å². The summed E-state index contributed by atoms with van der Waals surface area (Å²) in [6, 6.07) is 1.43. The van der Waals surface area contributed by atoms with Crippen molar-refractivity contribution in [3.63, 3.8) is 0 Å². The minimum absolute atomic E-state index is 0.0398. The Kier molecular flexibility index (Phi) is 6.27. The topological polar surface area (TPSA) is 49.4 Å². The second-order valence-corrected chi connectivity index (χ2v) is 7.88. The van der Waals surface area contributed by atoms with Crippen molar-refractivity contribution in [1.82, 2.24) is 9.62 Å². The molecular formula is C13H19BrF2N2O2S. The van der Waals surface area contributed by atoms with Crippen LogP contribution in [0.25, 0.3) is 0 Å². The molecule has 0 saturated carbocycles. The van der Waals surface area contributed by atoms with Crippen LogP contribution in [0.5, 0.6) is 0 Å². The summed E-state index contributed by atoms with van der Waals surface area (Å²) in [5, 5.41) is 0. The monoisotopic (exact) mass is 384 g/mol. The van der Waals surface area contributed by atoms with E-state index in [2.05, 4.69) is 20.7 Å². The highest BCUT2D eigenvalue weighted by Gasteiger charge is 2.25. The standard InChI is InChI=1S/C13H19BrF2N2O2S/c1-8(2)12(18(3)4)7-17-21(19,20)13-10(14)5-9(15)6-11(13)16/h5-6,8,12,17H,7H2,1-4H3. The van der Waals surface area contributed by atoms with Crippen LogP contribution in [0.4, 0.5) is 8.78 Å². The van der Waals surface area contributed by atoms with Crippen LogP contribution < -0.4 is 4.72 Å². The number of rotatable bonds is 6. The van der Waals surface area contributed by atoms with Gasteiger partial charge in [-0.05, 0) is 42.0 Å². The summed E-state index contributed by atoms with van der Waals surface area (Å²) in [6.45, 7) is 4.07. The number of hydrogen-bond donors (Lipinski definition) is 1. The molecule has 0 aliphatic heterocycles. The van der Waals surface area contributed by atoms with Gasteiger partial charge in [-0.1, -0.05) is 13.8 Å². The predicted molar refractivity (Wildman–Crippen MR) is 81.6 cm³/mol. The van der Waals surface area contributed by atoms with Crippen molar-refractivity contribution in [2.75, 3.05) is 20.6 Å². The van der Waals surface area contributed by atoms with Gasteiger partial charge >= 0.3 is 0 Å². The van der Waals surface area contributed by atoms with Gasteiger partial charge in [-0.15, -0.1) is 0 Å². The van der Waals surface area contributed by atoms with E-state index < -0.39 is 26.6 Å². The zero-order valence-electron chi connectivity index (χ0n) is 12.3. The van der Waals surface area contributed by atoms with Gasteiger partial charge in [0.2, 0.25) is 10.0 Å². The second-order valence-electron chi connectivity index (χ2n) is 5.33. The highest BCUT2D eigenvalue weighted by atomic mass is 79.9. The van der Waals surface area contributed by atoms with Gasteiger partial charge in [-0.2, -0.15) is 0 Å². The van der Waals surface area contributed by atoms with Crippen LogP contribution in [0.2, 0.25) is 0 Å². The third-order valence-corrected chi connectivity index (χ3v) is 5.53. The van der Waals surface area contributed by atoms with E-state index >= 15 is 0 Å². The number of likely N-dealkylation sites (N-methyl/N-ethyl adjacent to an activating group) is 1. The molecule has 0 aromatic heterocycles. The molecular weight excluding hydrogens is 366 g/mol. The average Bonchev–Trinajstić information content (AvgIpc) is 2.25. The fourth-order valence-electron chi connectivity index (χ4n) is 2.07. The van der Waals surface area contributed by atoms with Crippen molar-refractivity contribution in [2.24, 2.45) is 5.92 Å². The third kappa shape index (κ3) is 4.70. The van der Waals surface area contributed by atoms with E-state index in [1.807, 2.05) is 32.8 Å². The van der Waals surface area contributed by atoms with E-state index in [1.54, 1.807) is 0 Å².